The Bertz CT molecular complexity index is 1810. The normalized spacial score (nSPS) is 15.0. The lowest BCUT2D eigenvalue weighted by Crippen LogP contribution is -2.41. The smallest absolute Gasteiger partial charge is 0.287 e. The average Bonchev–Trinajstić information content (AvgIpc) is 3.45. The van der Waals surface area contributed by atoms with Crippen LogP contribution in [0.3, 0.4) is 0 Å². The van der Waals surface area contributed by atoms with Gasteiger partial charge in [0.25, 0.3) is 11.8 Å². The highest BCUT2D eigenvalue weighted by Crippen LogP contribution is 2.36. The first kappa shape index (κ1) is 27.6. The van der Waals surface area contributed by atoms with Crippen molar-refractivity contribution in [1.29, 1.82) is 0 Å². The van der Waals surface area contributed by atoms with Gasteiger partial charge in [-0.3, -0.25) is 14.4 Å². The maximum atomic E-state index is 14.2. The lowest BCUT2D eigenvalue weighted by molar-refractivity contribution is -0.123. The minimum absolute atomic E-state index is 0.0961. The Kier molecular flexibility index (Phi) is 7.29. The molecule has 1 aliphatic rings. The van der Waals surface area contributed by atoms with Gasteiger partial charge in [-0.15, -0.1) is 0 Å². The van der Waals surface area contributed by atoms with E-state index in [9.17, 15) is 31.6 Å². The minimum atomic E-state index is -3.38. The zero-order chi connectivity index (χ0) is 28.8. The lowest BCUT2D eigenvalue weighted by atomic mass is 10.0. The van der Waals surface area contributed by atoms with E-state index in [0.29, 0.717) is 4.70 Å². The third kappa shape index (κ3) is 5.52. The van der Waals surface area contributed by atoms with Crippen LogP contribution in [-0.2, 0) is 21.2 Å². The van der Waals surface area contributed by atoms with Crippen molar-refractivity contribution in [3.63, 3.8) is 0 Å². The van der Waals surface area contributed by atoms with Crippen LogP contribution < -0.4 is 16.0 Å². The van der Waals surface area contributed by atoms with E-state index in [2.05, 4.69) is 25.3 Å². The van der Waals surface area contributed by atoms with Crippen LogP contribution in [0.25, 0.3) is 10.1 Å². The molecule has 2 aromatic heterocycles. The number of benzene rings is 2. The Morgan fingerprint density at radius 3 is 2.65 bits per heavy atom. The zero-order valence-corrected chi connectivity index (χ0v) is 22.9. The highest BCUT2D eigenvalue weighted by molar-refractivity contribution is 7.90. The van der Waals surface area contributed by atoms with Crippen molar-refractivity contribution < 1.29 is 31.6 Å². The number of hydrogen-bond acceptors (Lipinski definition) is 8. The molecule has 3 N–H and O–H groups in total. The Morgan fingerprint density at radius 1 is 1.18 bits per heavy atom. The first-order valence-electron chi connectivity index (χ1n) is 11.6. The van der Waals surface area contributed by atoms with E-state index in [1.165, 1.54) is 22.8 Å². The van der Waals surface area contributed by atoms with Crippen LogP contribution in [0, 0.1) is 11.6 Å². The summed E-state index contributed by atoms with van der Waals surface area (Å²) in [6.45, 7) is -0.620. The van der Waals surface area contributed by atoms with Crippen LogP contribution in [0.2, 0.25) is 5.02 Å². The van der Waals surface area contributed by atoms with Gasteiger partial charge in [0.2, 0.25) is 11.7 Å². The fourth-order valence-corrected chi connectivity index (χ4v) is 5.69. The second-order valence-corrected chi connectivity index (χ2v) is 12.4. The molecule has 0 fully saturated rings. The molecule has 2 aromatic carbocycles. The van der Waals surface area contributed by atoms with Crippen LogP contribution in [0.5, 0.6) is 0 Å². The zero-order valence-electron chi connectivity index (χ0n) is 20.5. The van der Waals surface area contributed by atoms with E-state index in [4.69, 9.17) is 11.6 Å². The van der Waals surface area contributed by atoms with Gasteiger partial charge in [-0.2, -0.15) is 4.37 Å². The Labute approximate surface area is 234 Å². The van der Waals surface area contributed by atoms with Crippen molar-refractivity contribution in [2.75, 3.05) is 23.9 Å². The number of anilines is 1. The first-order chi connectivity index (χ1) is 18.9. The number of amides is 3. The summed E-state index contributed by atoms with van der Waals surface area (Å²) in [5.41, 5.74) is 0.150. The molecule has 0 bridgehead atoms. The molecule has 0 saturated heterocycles. The number of carbonyl (C=O) groups excluding carboxylic acids is 3. The van der Waals surface area contributed by atoms with Crippen molar-refractivity contribution in [3.05, 3.63) is 75.8 Å². The molecule has 3 amide bonds. The number of fused-ring (bicyclic) bond motifs is 2. The van der Waals surface area contributed by atoms with Gasteiger partial charge in [0.1, 0.15) is 33.7 Å². The predicted octanol–water partition coefficient (Wildman–Crippen LogP) is 2.67. The van der Waals surface area contributed by atoms with E-state index >= 15 is 0 Å². The summed E-state index contributed by atoms with van der Waals surface area (Å²) in [6, 6.07) is 6.27. The summed E-state index contributed by atoms with van der Waals surface area (Å²) < 4.78 is 57.0. The fourth-order valence-electron chi connectivity index (χ4n) is 4.23. The summed E-state index contributed by atoms with van der Waals surface area (Å²) in [4.78, 5) is 43.3. The molecule has 5 rings (SSSR count). The number of nitrogens with zero attached hydrogens (tertiary/aromatic N) is 3. The van der Waals surface area contributed by atoms with E-state index in [1.807, 2.05) is 0 Å². The molecule has 11 nitrogen and oxygen atoms in total. The van der Waals surface area contributed by atoms with E-state index in [1.54, 1.807) is 0 Å². The minimum Gasteiger partial charge on any atom is -0.348 e. The highest BCUT2D eigenvalue weighted by atomic mass is 35.5. The summed E-state index contributed by atoms with van der Waals surface area (Å²) >= 11 is 7.31. The van der Waals surface area contributed by atoms with Gasteiger partial charge in [-0.25, -0.2) is 22.2 Å². The summed E-state index contributed by atoms with van der Waals surface area (Å²) in [7, 11) is -3.38. The topological polar surface area (TPSA) is 152 Å². The Hall–Kier alpha value is -3.95. The van der Waals surface area contributed by atoms with Gasteiger partial charge in [0.05, 0.1) is 22.2 Å². The molecular formula is C24H19ClF2N6O5S2. The van der Waals surface area contributed by atoms with Crippen LogP contribution in [0.4, 0.5) is 14.6 Å². The van der Waals surface area contributed by atoms with Crippen LogP contribution in [0.15, 0.2) is 36.4 Å². The standard InChI is InChI=1S/C24H19ClF2N6O5S2/c1-40(37,38)7-6-28-24(36)22-30-21(31-23(35)19-14-9-12(27)3-5-16(14)39-32-19)20-18(29-17(34)10-33(20)22)13-8-11(26)2-4-15(13)25/h2-5,8-9,18H,6-7,10H2,1H3,(H,28,36)(H,29,34)(H,31,35). The molecular weight excluding hydrogens is 590 g/mol. The summed E-state index contributed by atoms with van der Waals surface area (Å²) in [6.07, 6.45) is 1.01. The maximum Gasteiger partial charge on any atom is 0.287 e. The van der Waals surface area contributed by atoms with Gasteiger partial charge in [0, 0.05) is 28.8 Å². The Morgan fingerprint density at radius 2 is 1.90 bits per heavy atom. The van der Waals surface area contributed by atoms with Crippen molar-refractivity contribution in [1.82, 2.24) is 24.6 Å². The molecule has 0 aliphatic carbocycles. The number of sulfone groups is 1. The van der Waals surface area contributed by atoms with Gasteiger partial charge in [0.15, 0.2) is 5.82 Å². The van der Waals surface area contributed by atoms with E-state index < -0.39 is 45.2 Å². The van der Waals surface area contributed by atoms with Crippen LogP contribution in [-0.4, -0.2) is 58.6 Å². The average molecular weight is 609 g/mol. The number of rotatable bonds is 7. The number of hydrogen-bond donors (Lipinski definition) is 3. The van der Waals surface area contributed by atoms with Gasteiger partial charge < -0.3 is 20.5 Å². The molecule has 1 unspecified atom stereocenters. The number of imidazole rings is 1. The monoisotopic (exact) mass is 608 g/mol. The number of carbonyl (C=O) groups is 3. The highest BCUT2D eigenvalue weighted by Gasteiger charge is 2.36. The van der Waals surface area contributed by atoms with E-state index in [0.717, 1.165) is 36.0 Å². The molecule has 208 valence electrons. The largest absolute Gasteiger partial charge is 0.348 e. The van der Waals surface area contributed by atoms with Crippen molar-refractivity contribution >= 4 is 66.6 Å². The second kappa shape index (κ2) is 10.6. The molecule has 1 aliphatic heterocycles. The molecule has 0 radical (unpaired) electrons. The first-order valence-corrected chi connectivity index (χ1v) is 14.8. The van der Waals surface area contributed by atoms with Crippen molar-refractivity contribution in [3.8, 4) is 0 Å². The molecule has 40 heavy (non-hydrogen) atoms. The Balaban J connectivity index is 1.59. The molecule has 1 atom stereocenters. The molecule has 4 aromatic rings. The molecule has 16 heteroatoms. The third-order valence-electron chi connectivity index (χ3n) is 6.00. The molecule has 3 heterocycles. The second-order valence-electron chi connectivity index (χ2n) is 8.93. The third-order valence-corrected chi connectivity index (χ3v) is 8.11. The van der Waals surface area contributed by atoms with Gasteiger partial charge in [-0.1, -0.05) is 11.6 Å². The van der Waals surface area contributed by atoms with Crippen molar-refractivity contribution in [2.45, 2.75) is 12.6 Å². The predicted molar refractivity (Wildman–Crippen MR) is 143 cm³/mol. The number of nitrogens with one attached hydrogen (secondary N) is 3. The van der Waals surface area contributed by atoms with E-state index in [-0.39, 0.29) is 57.8 Å². The van der Waals surface area contributed by atoms with Gasteiger partial charge in [-0.05, 0) is 47.9 Å². The quantitative estimate of drug-likeness (QED) is 0.292. The number of aromatic nitrogens is 3. The molecule has 0 saturated carbocycles. The van der Waals surface area contributed by atoms with Crippen LogP contribution in [0.1, 0.15) is 38.4 Å². The maximum absolute atomic E-state index is 14.2. The van der Waals surface area contributed by atoms with Gasteiger partial charge >= 0.3 is 0 Å². The summed E-state index contributed by atoms with van der Waals surface area (Å²) in [5.74, 6) is -4.18. The summed E-state index contributed by atoms with van der Waals surface area (Å²) in [5, 5.41) is 8.05. The number of halogens is 3. The SMILES string of the molecule is CS(=O)(=O)CCNC(=O)c1nc(NC(=O)c2nsc3ccc(F)cc23)c2n1CC(=O)NC2c1cc(F)ccc1Cl. The lowest BCUT2D eigenvalue weighted by Gasteiger charge is -2.28. The molecule has 0 spiro atoms. The van der Waals surface area contributed by atoms with Crippen LogP contribution >= 0.6 is 23.1 Å². The van der Waals surface area contributed by atoms with Crippen molar-refractivity contribution in [2.24, 2.45) is 0 Å². The fraction of sp³-hybridized carbons (Fsp3) is 0.208.